The van der Waals surface area contributed by atoms with Crippen molar-refractivity contribution in [2.24, 2.45) is 7.05 Å². The van der Waals surface area contributed by atoms with Gasteiger partial charge in [0.05, 0.1) is 11.2 Å². The molecule has 3 N–H and O–H groups in total. The number of hydrogen-bond acceptors (Lipinski definition) is 4. The maximum atomic E-state index is 10.8. The first kappa shape index (κ1) is 9.45. The second kappa shape index (κ2) is 2.94. The van der Waals surface area contributed by atoms with Gasteiger partial charge in [-0.1, -0.05) is 0 Å². The number of anilines is 1. The van der Waals surface area contributed by atoms with Crippen LogP contribution in [0.1, 0.15) is 16.2 Å². The lowest BCUT2D eigenvalue weighted by Gasteiger charge is -1.99. The van der Waals surface area contributed by atoms with Crippen LogP contribution in [0.3, 0.4) is 0 Å². The topological polar surface area (TPSA) is 94.0 Å². The molecular formula is C9H10N4O2. The SMILES string of the molecule is Cc1nc(C(=O)O)cc2c1nc(N)n2C. The van der Waals surface area contributed by atoms with E-state index in [9.17, 15) is 4.79 Å². The average molecular weight is 206 g/mol. The van der Waals surface area contributed by atoms with Gasteiger partial charge in [0.15, 0.2) is 5.69 Å². The zero-order valence-electron chi connectivity index (χ0n) is 8.35. The Morgan fingerprint density at radius 2 is 2.20 bits per heavy atom. The third kappa shape index (κ3) is 1.30. The van der Waals surface area contributed by atoms with Gasteiger partial charge in [-0.3, -0.25) is 0 Å². The zero-order chi connectivity index (χ0) is 11.2. The van der Waals surface area contributed by atoms with Crippen LogP contribution in [-0.2, 0) is 7.05 Å². The molecule has 2 heterocycles. The van der Waals surface area contributed by atoms with Gasteiger partial charge in [0.1, 0.15) is 5.52 Å². The molecule has 0 saturated carbocycles. The minimum absolute atomic E-state index is 0.00278. The molecule has 0 aliphatic rings. The second-order valence-electron chi connectivity index (χ2n) is 3.29. The number of hydrogen-bond donors (Lipinski definition) is 2. The number of nitrogens with two attached hydrogens (primary N) is 1. The Morgan fingerprint density at radius 3 is 2.80 bits per heavy atom. The number of fused-ring (bicyclic) bond motifs is 1. The van der Waals surface area contributed by atoms with Gasteiger partial charge in [0.2, 0.25) is 5.95 Å². The van der Waals surface area contributed by atoms with E-state index >= 15 is 0 Å². The summed E-state index contributed by atoms with van der Waals surface area (Å²) in [6, 6.07) is 1.47. The minimum atomic E-state index is -1.06. The molecule has 6 nitrogen and oxygen atoms in total. The molecule has 78 valence electrons. The molecule has 2 rings (SSSR count). The quantitative estimate of drug-likeness (QED) is 0.710. The number of imidazole rings is 1. The van der Waals surface area contributed by atoms with E-state index < -0.39 is 5.97 Å². The van der Waals surface area contributed by atoms with Crippen LogP contribution in [-0.4, -0.2) is 25.6 Å². The standard InChI is InChI=1S/C9H10N4O2/c1-4-7-6(13(2)9(10)12-7)3-5(11-4)8(14)15/h3H,1-2H3,(H2,10,12)(H,14,15). The van der Waals surface area contributed by atoms with Crippen LogP contribution in [0.15, 0.2) is 6.07 Å². The van der Waals surface area contributed by atoms with Crippen molar-refractivity contribution >= 4 is 23.0 Å². The number of pyridine rings is 1. The summed E-state index contributed by atoms with van der Waals surface area (Å²) in [5, 5.41) is 8.84. The fourth-order valence-electron chi connectivity index (χ4n) is 1.47. The zero-order valence-corrected chi connectivity index (χ0v) is 8.35. The highest BCUT2D eigenvalue weighted by Gasteiger charge is 2.13. The number of aryl methyl sites for hydroxylation is 2. The summed E-state index contributed by atoms with van der Waals surface area (Å²) < 4.78 is 1.64. The predicted octanol–water partition coefficient (Wildman–Crippen LogP) is 0.557. The first-order valence-electron chi connectivity index (χ1n) is 4.33. The molecule has 2 aromatic rings. The van der Waals surface area contributed by atoms with Gasteiger partial charge in [0, 0.05) is 7.05 Å². The molecule has 15 heavy (non-hydrogen) atoms. The van der Waals surface area contributed by atoms with Gasteiger partial charge in [-0.25, -0.2) is 14.8 Å². The lowest BCUT2D eigenvalue weighted by molar-refractivity contribution is 0.0690. The summed E-state index contributed by atoms with van der Waals surface area (Å²) in [6.45, 7) is 1.71. The highest BCUT2D eigenvalue weighted by Crippen LogP contribution is 2.19. The maximum absolute atomic E-state index is 10.8. The van der Waals surface area contributed by atoms with Gasteiger partial charge in [-0.05, 0) is 13.0 Å². The van der Waals surface area contributed by atoms with E-state index in [0.29, 0.717) is 22.7 Å². The van der Waals surface area contributed by atoms with Crippen LogP contribution in [0.5, 0.6) is 0 Å². The summed E-state index contributed by atoms with van der Waals surface area (Å²) >= 11 is 0. The molecule has 0 aliphatic heterocycles. The van der Waals surface area contributed by atoms with Crippen molar-refractivity contribution in [2.45, 2.75) is 6.92 Å². The Hall–Kier alpha value is -2.11. The Morgan fingerprint density at radius 1 is 1.53 bits per heavy atom. The average Bonchev–Trinajstić information content (AvgIpc) is 2.45. The molecule has 0 atom stereocenters. The van der Waals surface area contributed by atoms with Gasteiger partial charge >= 0.3 is 5.97 Å². The minimum Gasteiger partial charge on any atom is -0.477 e. The lowest BCUT2D eigenvalue weighted by Crippen LogP contribution is -2.02. The summed E-state index contributed by atoms with van der Waals surface area (Å²) in [6.07, 6.45) is 0. The Bertz CT molecular complexity index is 559. The van der Waals surface area contributed by atoms with Crippen LogP contribution < -0.4 is 5.73 Å². The number of rotatable bonds is 1. The van der Waals surface area contributed by atoms with E-state index in [4.69, 9.17) is 10.8 Å². The van der Waals surface area contributed by atoms with E-state index in [-0.39, 0.29) is 5.69 Å². The van der Waals surface area contributed by atoms with Crippen LogP contribution in [0, 0.1) is 6.92 Å². The number of nitrogen functional groups attached to an aromatic ring is 1. The van der Waals surface area contributed by atoms with E-state index in [2.05, 4.69) is 9.97 Å². The van der Waals surface area contributed by atoms with Crippen molar-refractivity contribution in [3.8, 4) is 0 Å². The third-order valence-electron chi connectivity index (χ3n) is 2.30. The number of aromatic nitrogens is 3. The Labute approximate surface area is 85.4 Å². The van der Waals surface area contributed by atoms with E-state index in [1.165, 1.54) is 6.07 Å². The van der Waals surface area contributed by atoms with Crippen molar-refractivity contribution in [1.29, 1.82) is 0 Å². The van der Waals surface area contributed by atoms with Crippen molar-refractivity contribution in [1.82, 2.24) is 14.5 Å². The van der Waals surface area contributed by atoms with Crippen LogP contribution >= 0.6 is 0 Å². The molecule has 0 fully saturated rings. The maximum Gasteiger partial charge on any atom is 0.354 e. The van der Waals surface area contributed by atoms with Gasteiger partial charge in [0.25, 0.3) is 0 Å². The van der Waals surface area contributed by atoms with Crippen molar-refractivity contribution in [3.63, 3.8) is 0 Å². The van der Waals surface area contributed by atoms with Crippen molar-refractivity contribution in [2.75, 3.05) is 5.73 Å². The Kier molecular flexibility index (Phi) is 1.85. The Balaban J connectivity index is 2.85. The molecule has 2 aromatic heterocycles. The van der Waals surface area contributed by atoms with Gasteiger partial charge in [-0.15, -0.1) is 0 Å². The number of carbonyl (C=O) groups is 1. The first-order valence-corrected chi connectivity index (χ1v) is 4.33. The van der Waals surface area contributed by atoms with E-state index in [1.54, 1.807) is 18.5 Å². The van der Waals surface area contributed by atoms with E-state index in [1.807, 2.05) is 0 Å². The van der Waals surface area contributed by atoms with Crippen molar-refractivity contribution in [3.05, 3.63) is 17.5 Å². The number of carboxylic acid groups (broad SMARTS) is 1. The highest BCUT2D eigenvalue weighted by molar-refractivity contribution is 5.91. The fourth-order valence-corrected chi connectivity index (χ4v) is 1.47. The number of aromatic carboxylic acids is 1. The van der Waals surface area contributed by atoms with Gasteiger partial charge < -0.3 is 15.4 Å². The first-order chi connectivity index (χ1) is 7.00. The van der Waals surface area contributed by atoms with Crippen LogP contribution in [0.25, 0.3) is 11.0 Å². The largest absolute Gasteiger partial charge is 0.477 e. The molecule has 0 bridgehead atoms. The normalized spacial score (nSPS) is 10.8. The molecule has 0 radical (unpaired) electrons. The third-order valence-corrected chi connectivity index (χ3v) is 2.30. The molecule has 0 spiro atoms. The van der Waals surface area contributed by atoms with Crippen LogP contribution in [0.2, 0.25) is 0 Å². The summed E-state index contributed by atoms with van der Waals surface area (Å²) in [5.74, 6) is -0.711. The molecule has 0 aliphatic carbocycles. The summed E-state index contributed by atoms with van der Waals surface area (Å²) in [5.41, 5.74) is 7.51. The fraction of sp³-hybridized carbons (Fsp3) is 0.222. The molecular weight excluding hydrogens is 196 g/mol. The smallest absolute Gasteiger partial charge is 0.354 e. The molecule has 0 saturated heterocycles. The monoisotopic (exact) mass is 206 g/mol. The lowest BCUT2D eigenvalue weighted by atomic mass is 10.2. The van der Waals surface area contributed by atoms with Gasteiger partial charge in [-0.2, -0.15) is 0 Å². The summed E-state index contributed by atoms with van der Waals surface area (Å²) in [7, 11) is 1.73. The molecule has 0 unspecified atom stereocenters. The molecule has 0 aromatic carbocycles. The molecule has 6 heteroatoms. The molecule has 0 amide bonds. The number of nitrogens with zero attached hydrogens (tertiary/aromatic N) is 3. The predicted molar refractivity (Wildman–Crippen MR) is 54.6 cm³/mol. The second-order valence-corrected chi connectivity index (χ2v) is 3.29. The highest BCUT2D eigenvalue weighted by atomic mass is 16.4. The van der Waals surface area contributed by atoms with Crippen molar-refractivity contribution < 1.29 is 9.90 Å². The van der Waals surface area contributed by atoms with E-state index in [0.717, 1.165) is 0 Å². The summed E-state index contributed by atoms with van der Waals surface area (Å²) in [4.78, 5) is 18.8. The number of carboxylic acids is 1. The van der Waals surface area contributed by atoms with Crippen LogP contribution in [0.4, 0.5) is 5.95 Å².